The van der Waals surface area contributed by atoms with Gasteiger partial charge in [0.25, 0.3) is 0 Å². The highest BCUT2D eigenvalue weighted by Crippen LogP contribution is 2.31. The quantitative estimate of drug-likeness (QED) is 0.626. The Balaban J connectivity index is 2.60. The van der Waals surface area contributed by atoms with Crippen molar-refractivity contribution in [3.05, 3.63) is 0 Å². The Kier molecular flexibility index (Phi) is 6.46. The van der Waals surface area contributed by atoms with Gasteiger partial charge >= 0.3 is 12.1 Å². The van der Waals surface area contributed by atoms with Crippen molar-refractivity contribution in [3.63, 3.8) is 0 Å². The van der Waals surface area contributed by atoms with Gasteiger partial charge in [0, 0.05) is 0 Å². The molecule has 5 nitrogen and oxygen atoms in total. The molecule has 0 aromatic heterocycles. The third-order valence-electron chi connectivity index (χ3n) is 3.09. The Bertz CT molecular complexity index is 470. The van der Waals surface area contributed by atoms with Gasteiger partial charge in [-0.2, -0.15) is 0 Å². The Morgan fingerprint density at radius 2 is 1.60 bits per heavy atom. The molecule has 0 heterocycles. The van der Waals surface area contributed by atoms with Gasteiger partial charge < -0.3 is 14.8 Å². The predicted molar refractivity (Wildman–Crippen MR) is 73.5 cm³/mol. The molecule has 0 aliphatic heterocycles. The lowest BCUT2D eigenvalue weighted by Gasteiger charge is -2.26. The largest absolute Gasteiger partial charge is 0.451 e. The highest BCUT2D eigenvalue weighted by Gasteiger charge is 2.44. The summed E-state index contributed by atoms with van der Waals surface area (Å²) in [5.74, 6) is 10.1. The fourth-order valence-corrected chi connectivity index (χ4v) is 2.08. The summed E-state index contributed by atoms with van der Waals surface area (Å²) >= 11 is 0. The Labute approximate surface area is 119 Å². The molecule has 0 unspecified atom stereocenters. The molecule has 5 heteroatoms. The summed E-state index contributed by atoms with van der Waals surface area (Å²) < 4.78 is 9.97. The SMILES string of the molecule is CC#CCOC(=O)NC1(C(=O)OCC#CC)CCCC1. The van der Waals surface area contributed by atoms with Crippen LogP contribution in [0.3, 0.4) is 0 Å². The van der Waals surface area contributed by atoms with Crippen LogP contribution in [-0.4, -0.2) is 30.8 Å². The molecule has 1 fully saturated rings. The molecule has 1 aliphatic rings. The van der Waals surface area contributed by atoms with Gasteiger partial charge in [0.15, 0.2) is 13.2 Å². The summed E-state index contributed by atoms with van der Waals surface area (Å²) in [6.45, 7) is 3.37. The fraction of sp³-hybridized carbons (Fsp3) is 0.600. The zero-order chi connectivity index (χ0) is 14.8. The predicted octanol–water partition coefficient (Wildman–Crippen LogP) is 1.62. The molecule has 1 saturated carbocycles. The molecule has 20 heavy (non-hydrogen) atoms. The van der Waals surface area contributed by atoms with E-state index in [1.54, 1.807) is 13.8 Å². The van der Waals surface area contributed by atoms with Gasteiger partial charge in [0.05, 0.1) is 0 Å². The van der Waals surface area contributed by atoms with Gasteiger partial charge in [0.2, 0.25) is 0 Å². The van der Waals surface area contributed by atoms with E-state index in [0.717, 1.165) is 12.8 Å². The van der Waals surface area contributed by atoms with E-state index in [4.69, 9.17) is 9.47 Å². The summed E-state index contributed by atoms with van der Waals surface area (Å²) in [4.78, 5) is 23.8. The van der Waals surface area contributed by atoms with Crippen LogP contribution in [0.25, 0.3) is 0 Å². The van der Waals surface area contributed by atoms with Crippen molar-refractivity contribution in [3.8, 4) is 23.7 Å². The van der Waals surface area contributed by atoms with Crippen molar-refractivity contribution >= 4 is 12.1 Å². The van der Waals surface area contributed by atoms with Gasteiger partial charge in [-0.25, -0.2) is 9.59 Å². The molecule has 1 aliphatic carbocycles. The van der Waals surface area contributed by atoms with Gasteiger partial charge in [0.1, 0.15) is 5.54 Å². The zero-order valence-corrected chi connectivity index (χ0v) is 11.9. The topological polar surface area (TPSA) is 64.6 Å². The van der Waals surface area contributed by atoms with Crippen LogP contribution in [0.15, 0.2) is 0 Å². The van der Waals surface area contributed by atoms with Crippen LogP contribution in [0, 0.1) is 23.7 Å². The number of esters is 1. The van der Waals surface area contributed by atoms with E-state index in [1.165, 1.54) is 0 Å². The fourth-order valence-electron chi connectivity index (χ4n) is 2.08. The molecule has 0 aromatic rings. The van der Waals surface area contributed by atoms with Crippen LogP contribution in [0.5, 0.6) is 0 Å². The van der Waals surface area contributed by atoms with Crippen LogP contribution in [0.2, 0.25) is 0 Å². The second kappa shape index (κ2) is 8.12. The summed E-state index contributed by atoms with van der Waals surface area (Å²) in [7, 11) is 0. The number of alkyl carbamates (subject to hydrolysis) is 1. The van der Waals surface area contributed by atoms with E-state index in [0.29, 0.717) is 12.8 Å². The number of hydrogen-bond donors (Lipinski definition) is 1. The average Bonchev–Trinajstić information content (AvgIpc) is 2.89. The van der Waals surface area contributed by atoms with Gasteiger partial charge in [-0.3, -0.25) is 0 Å². The van der Waals surface area contributed by atoms with E-state index in [1.807, 2.05) is 0 Å². The third kappa shape index (κ3) is 4.51. The van der Waals surface area contributed by atoms with Gasteiger partial charge in [-0.15, -0.1) is 11.8 Å². The summed E-state index contributed by atoms with van der Waals surface area (Å²) in [6.07, 6.45) is 2.20. The van der Waals surface area contributed by atoms with E-state index >= 15 is 0 Å². The van der Waals surface area contributed by atoms with Crippen LogP contribution in [-0.2, 0) is 14.3 Å². The molecule has 0 bridgehead atoms. The molecule has 0 saturated heterocycles. The van der Waals surface area contributed by atoms with E-state index < -0.39 is 17.6 Å². The maximum absolute atomic E-state index is 12.1. The lowest BCUT2D eigenvalue weighted by Crippen LogP contribution is -2.53. The third-order valence-corrected chi connectivity index (χ3v) is 3.09. The monoisotopic (exact) mass is 277 g/mol. The molecule has 0 atom stereocenters. The second-order valence-electron chi connectivity index (χ2n) is 4.42. The molecule has 0 spiro atoms. The first-order chi connectivity index (χ1) is 9.64. The first kappa shape index (κ1) is 15.9. The molecular formula is C15H19NO4. The van der Waals surface area contributed by atoms with Gasteiger partial charge in [-0.1, -0.05) is 24.7 Å². The van der Waals surface area contributed by atoms with Crippen molar-refractivity contribution in [1.82, 2.24) is 5.32 Å². The van der Waals surface area contributed by atoms with Crippen molar-refractivity contribution in [2.24, 2.45) is 0 Å². The van der Waals surface area contributed by atoms with Gasteiger partial charge in [-0.05, 0) is 26.7 Å². The van der Waals surface area contributed by atoms with E-state index in [9.17, 15) is 9.59 Å². The first-order valence-electron chi connectivity index (χ1n) is 6.56. The Hall–Kier alpha value is -2.14. The number of nitrogens with one attached hydrogen (secondary N) is 1. The number of amides is 1. The number of carbonyl (C=O) groups is 2. The molecule has 1 rings (SSSR count). The summed E-state index contributed by atoms with van der Waals surface area (Å²) in [5.41, 5.74) is -0.980. The smallest absolute Gasteiger partial charge is 0.409 e. The summed E-state index contributed by atoms with van der Waals surface area (Å²) in [5, 5.41) is 2.63. The average molecular weight is 277 g/mol. The van der Waals surface area contributed by atoms with E-state index in [2.05, 4.69) is 29.0 Å². The van der Waals surface area contributed by atoms with Crippen molar-refractivity contribution in [2.45, 2.75) is 45.1 Å². The van der Waals surface area contributed by atoms with Crippen LogP contribution < -0.4 is 5.32 Å². The molecule has 1 amide bonds. The molecule has 0 radical (unpaired) electrons. The lowest BCUT2D eigenvalue weighted by molar-refractivity contribution is -0.149. The molecule has 1 N–H and O–H groups in total. The second-order valence-corrected chi connectivity index (χ2v) is 4.42. The minimum atomic E-state index is -0.980. The van der Waals surface area contributed by atoms with Crippen LogP contribution in [0.4, 0.5) is 4.79 Å². The highest BCUT2D eigenvalue weighted by molar-refractivity contribution is 5.86. The first-order valence-corrected chi connectivity index (χ1v) is 6.56. The molecule has 0 aromatic carbocycles. The number of ether oxygens (including phenoxy) is 2. The standard InChI is InChI=1S/C15H19NO4/c1-3-5-11-19-13(17)15(9-7-8-10-15)16-14(18)20-12-6-4-2/h7-12H2,1-2H3,(H,16,18). The highest BCUT2D eigenvalue weighted by atomic mass is 16.6. The van der Waals surface area contributed by atoms with Crippen molar-refractivity contribution in [1.29, 1.82) is 0 Å². The Morgan fingerprint density at radius 3 is 2.15 bits per heavy atom. The van der Waals surface area contributed by atoms with Crippen LogP contribution in [0.1, 0.15) is 39.5 Å². The van der Waals surface area contributed by atoms with Crippen LogP contribution >= 0.6 is 0 Å². The molecule has 108 valence electrons. The number of hydrogen-bond acceptors (Lipinski definition) is 4. The summed E-state index contributed by atoms with van der Waals surface area (Å²) in [6, 6.07) is 0. The zero-order valence-electron chi connectivity index (χ0n) is 11.9. The van der Waals surface area contributed by atoms with Crippen molar-refractivity contribution in [2.75, 3.05) is 13.2 Å². The maximum atomic E-state index is 12.1. The minimum Gasteiger partial charge on any atom is -0.451 e. The minimum absolute atomic E-state index is 0.00870. The van der Waals surface area contributed by atoms with E-state index in [-0.39, 0.29) is 13.2 Å². The molecular weight excluding hydrogens is 258 g/mol. The normalized spacial score (nSPS) is 15.1. The Morgan fingerprint density at radius 1 is 1.05 bits per heavy atom. The maximum Gasteiger partial charge on any atom is 0.409 e. The lowest BCUT2D eigenvalue weighted by atomic mass is 9.98. The number of rotatable bonds is 4. The van der Waals surface area contributed by atoms with Crippen molar-refractivity contribution < 1.29 is 19.1 Å². The number of carbonyl (C=O) groups excluding carboxylic acids is 2.